The second-order valence-corrected chi connectivity index (χ2v) is 8.35. The number of carbonyl (C=O) groups is 2. The van der Waals surface area contributed by atoms with Gasteiger partial charge in [-0.15, -0.1) is 0 Å². The maximum Gasteiger partial charge on any atom is 0.266 e. The molecule has 5 rings (SSSR count). The smallest absolute Gasteiger partial charge is 0.266 e. The van der Waals surface area contributed by atoms with Crippen LogP contribution in [0.25, 0.3) is 0 Å². The molecule has 31 heavy (non-hydrogen) atoms. The van der Waals surface area contributed by atoms with Gasteiger partial charge in [-0.2, -0.15) is 0 Å². The molecule has 0 aromatic heterocycles. The summed E-state index contributed by atoms with van der Waals surface area (Å²) in [6.07, 6.45) is -0.847. The first-order chi connectivity index (χ1) is 15.0. The van der Waals surface area contributed by atoms with Gasteiger partial charge in [0.25, 0.3) is 5.91 Å². The molecule has 3 atom stereocenters. The van der Waals surface area contributed by atoms with Gasteiger partial charge >= 0.3 is 0 Å². The van der Waals surface area contributed by atoms with E-state index in [1.807, 2.05) is 93.6 Å². The Kier molecular flexibility index (Phi) is 4.63. The lowest BCUT2D eigenvalue weighted by molar-refractivity contribution is -0.126. The van der Waals surface area contributed by atoms with Crippen molar-refractivity contribution in [3.8, 4) is 0 Å². The van der Waals surface area contributed by atoms with Crippen molar-refractivity contribution in [1.82, 2.24) is 0 Å². The SMILES string of the molecule is Cc1ccc([C@@H]2[C@@H]3C(=O)N(c4ccc(C)c(C)c4)C(=O)[C@@H]3ON2c2ccccc2)cc1. The first kappa shape index (κ1) is 19.5. The predicted octanol–water partition coefficient (Wildman–Crippen LogP) is 4.66. The maximum absolute atomic E-state index is 13.6. The van der Waals surface area contributed by atoms with Crippen molar-refractivity contribution in [2.75, 3.05) is 9.96 Å². The van der Waals surface area contributed by atoms with Crippen molar-refractivity contribution in [1.29, 1.82) is 0 Å². The molecule has 0 spiro atoms. The highest BCUT2D eigenvalue weighted by atomic mass is 16.7. The van der Waals surface area contributed by atoms with Gasteiger partial charge in [-0.1, -0.05) is 54.1 Å². The molecule has 0 bridgehead atoms. The van der Waals surface area contributed by atoms with Crippen LogP contribution in [-0.2, 0) is 14.4 Å². The van der Waals surface area contributed by atoms with Crippen molar-refractivity contribution in [2.24, 2.45) is 5.92 Å². The van der Waals surface area contributed by atoms with E-state index in [1.54, 1.807) is 5.06 Å². The largest absolute Gasteiger partial charge is 0.273 e. The average Bonchev–Trinajstić information content (AvgIpc) is 3.28. The van der Waals surface area contributed by atoms with Crippen molar-refractivity contribution in [3.63, 3.8) is 0 Å². The number of aryl methyl sites for hydroxylation is 3. The van der Waals surface area contributed by atoms with Crippen molar-refractivity contribution >= 4 is 23.2 Å². The lowest BCUT2D eigenvalue weighted by Crippen LogP contribution is -2.37. The molecular formula is C26H24N2O3. The molecule has 2 aliphatic rings. The zero-order valence-electron chi connectivity index (χ0n) is 17.8. The zero-order valence-corrected chi connectivity index (χ0v) is 17.8. The minimum atomic E-state index is -0.847. The van der Waals surface area contributed by atoms with Gasteiger partial charge in [0.2, 0.25) is 5.91 Å². The second kappa shape index (κ2) is 7.36. The van der Waals surface area contributed by atoms with E-state index in [-0.39, 0.29) is 17.9 Å². The fourth-order valence-electron chi connectivity index (χ4n) is 4.43. The Bertz CT molecular complexity index is 1160. The Morgan fingerprint density at radius 3 is 2.13 bits per heavy atom. The number of rotatable bonds is 3. The number of hydrogen-bond donors (Lipinski definition) is 0. The first-order valence-electron chi connectivity index (χ1n) is 10.5. The van der Waals surface area contributed by atoms with Crippen molar-refractivity contribution < 1.29 is 14.4 Å². The summed E-state index contributed by atoms with van der Waals surface area (Å²) in [6.45, 7) is 6.02. The summed E-state index contributed by atoms with van der Waals surface area (Å²) in [7, 11) is 0. The van der Waals surface area contributed by atoms with E-state index < -0.39 is 12.0 Å². The third-order valence-corrected chi connectivity index (χ3v) is 6.29. The molecule has 5 heteroatoms. The summed E-state index contributed by atoms with van der Waals surface area (Å²) in [5, 5.41) is 1.73. The van der Waals surface area contributed by atoms with E-state index in [2.05, 4.69) is 0 Å². The number of hydroxylamine groups is 1. The van der Waals surface area contributed by atoms with E-state index in [4.69, 9.17) is 4.84 Å². The normalized spacial score (nSPS) is 22.9. The quantitative estimate of drug-likeness (QED) is 0.587. The van der Waals surface area contributed by atoms with E-state index in [1.165, 1.54) is 4.90 Å². The number of para-hydroxylation sites is 1. The third-order valence-electron chi connectivity index (χ3n) is 6.29. The van der Waals surface area contributed by atoms with Gasteiger partial charge in [0.1, 0.15) is 5.92 Å². The maximum atomic E-state index is 13.6. The van der Waals surface area contributed by atoms with Gasteiger partial charge in [-0.05, 0) is 61.7 Å². The number of benzene rings is 3. The summed E-state index contributed by atoms with van der Waals surface area (Å²) in [4.78, 5) is 34.5. The van der Waals surface area contributed by atoms with Crippen molar-refractivity contribution in [3.05, 3.63) is 95.1 Å². The molecule has 5 nitrogen and oxygen atoms in total. The van der Waals surface area contributed by atoms with Gasteiger partial charge in [-0.3, -0.25) is 14.4 Å². The fourth-order valence-corrected chi connectivity index (χ4v) is 4.43. The zero-order chi connectivity index (χ0) is 21.7. The molecule has 0 aliphatic carbocycles. The molecule has 3 aromatic rings. The molecule has 3 aromatic carbocycles. The Hall–Kier alpha value is -3.44. The van der Waals surface area contributed by atoms with E-state index in [0.717, 1.165) is 27.9 Å². The molecule has 2 aliphatic heterocycles. The lowest BCUT2D eigenvalue weighted by Gasteiger charge is -2.29. The summed E-state index contributed by atoms with van der Waals surface area (Å²) in [5.74, 6) is -1.15. The molecule has 0 N–H and O–H groups in total. The van der Waals surface area contributed by atoms with Crippen LogP contribution in [0.2, 0.25) is 0 Å². The number of imide groups is 1. The minimum absolute atomic E-state index is 0.220. The number of amides is 2. The fraction of sp³-hybridized carbons (Fsp3) is 0.231. The summed E-state index contributed by atoms with van der Waals surface area (Å²) in [6, 6.07) is 23.0. The molecule has 2 saturated heterocycles. The van der Waals surface area contributed by atoms with Gasteiger partial charge in [0.15, 0.2) is 6.10 Å². The molecule has 0 saturated carbocycles. The summed E-state index contributed by atoms with van der Waals surface area (Å²) in [5.41, 5.74) is 5.66. The second-order valence-electron chi connectivity index (χ2n) is 8.35. The highest BCUT2D eigenvalue weighted by Gasteiger charge is 2.60. The van der Waals surface area contributed by atoms with Crippen LogP contribution in [0.1, 0.15) is 28.3 Å². The summed E-state index contributed by atoms with van der Waals surface area (Å²) < 4.78 is 0. The van der Waals surface area contributed by atoms with Gasteiger partial charge < -0.3 is 0 Å². The van der Waals surface area contributed by atoms with Crippen LogP contribution in [0.4, 0.5) is 11.4 Å². The number of nitrogens with zero attached hydrogens (tertiary/aromatic N) is 2. The Morgan fingerprint density at radius 2 is 1.45 bits per heavy atom. The number of fused-ring (bicyclic) bond motifs is 1. The van der Waals surface area contributed by atoms with Crippen LogP contribution in [-0.4, -0.2) is 17.9 Å². The van der Waals surface area contributed by atoms with Crippen LogP contribution in [0.5, 0.6) is 0 Å². The topological polar surface area (TPSA) is 49.9 Å². The van der Waals surface area contributed by atoms with E-state index >= 15 is 0 Å². The molecule has 156 valence electrons. The molecule has 2 fully saturated rings. The number of carbonyl (C=O) groups excluding carboxylic acids is 2. The Labute approximate surface area is 181 Å². The average molecular weight is 412 g/mol. The third kappa shape index (κ3) is 3.13. The molecule has 2 heterocycles. The van der Waals surface area contributed by atoms with Crippen molar-refractivity contribution in [2.45, 2.75) is 32.9 Å². The van der Waals surface area contributed by atoms with Crippen LogP contribution in [0.15, 0.2) is 72.8 Å². The predicted molar refractivity (Wildman–Crippen MR) is 120 cm³/mol. The highest BCUT2D eigenvalue weighted by Crippen LogP contribution is 2.47. The lowest BCUT2D eigenvalue weighted by atomic mass is 9.90. The molecular weight excluding hydrogens is 388 g/mol. The Morgan fingerprint density at radius 1 is 0.742 bits per heavy atom. The Balaban J connectivity index is 1.58. The van der Waals surface area contributed by atoms with Crippen LogP contribution < -0.4 is 9.96 Å². The van der Waals surface area contributed by atoms with Gasteiger partial charge in [-0.25, -0.2) is 9.96 Å². The van der Waals surface area contributed by atoms with Crippen LogP contribution in [0, 0.1) is 26.7 Å². The molecule has 2 amide bonds. The van der Waals surface area contributed by atoms with Gasteiger partial charge in [0, 0.05) is 0 Å². The van der Waals surface area contributed by atoms with Crippen LogP contribution >= 0.6 is 0 Å². The van der Waals surface area contributed by atoms with E-state index in [9.17, 15) is 9.59 Å². The molecule has 0 unspecified atom stereocenters. The monoisotopic (exact) mass is 412 g/mol. The summed E-state index contributed by atoms with van der Waals surface area (Å²) >= 11 is 0. The minimum Gasteiger partial charge on any atom is -0.273 e. The highest BCUT2D eigenvalue weighted by molar-refractivity contribution is 6.24. The first-order valence-corrected chi connectivity index (χ1v) is 10.5. The van der Waals surface area contributed by atoms with Crippen LogP contribution in [0.3, 0.4) is 0 Å². The van der Waals surface area contributed by atoms with E-state index in [0.29, 0.717) is 5.69 Å². The van der Waals surface area contributed by atoms with Gasteiger partial charge in [0.05, 0.1) is 17.4 Å². The molecule has 0 radical (unpaired) electrons. The number of anilines is 2. The standard InChI is InChI=1S/C26H24N2O3/c1-16-9-12-19(13-10-16)23-22-24(31-28(23)20-7-5-4-6-8-20)26(30)27(25(22)29)21-14-11-17(2)18(3)15-21/h4-15,22-24H,1-3H3/t22-,23+,24+/m0/s1. The number of hydrogen-bond acceptors (Lipinski definition) is 4.